The number of hydrogen-bond donors (Lipinski definition) is 1. The van der Waals surface area contributed by atoms with Crippen LogP contribution in [0.5, 0.6) is 0 Å². The highest BCUT2D eigenvalue weighted by Gasteiger charge is 2.31. The van der Waals surface area contributed by atoms with Crippen LogP contribution in [0.1, 0.15) is 24.5 Å². The Morgan fingerprint density at radius 1 is 1.30 bits per heavy atom. The van der Waals surface area contributed by atoms with Crippen LogP contribution in [0.2, 0.25) is 0 Å². The van der Waals surface area contributed by atoms with Crippen molar-refractivity contribution in [3.8, 4) is 0 Å². The first-order valence-corrected chi connectivity index (χ1v) is 10.8. The van der Waals surface area contributed by atoms with Crippen molar-refractivity contribution < 1.29 is 17.6 Å². The van der Waals surface area contributed by atoms with Gasteiger partial charge in [0.15, 0.2) is 0 Å². The highest BCUT2D eigenvalue weighted by molar-refractivity contribution is 9.10. The Hall–Kier alpha value is -1.93. The summed E-state index contributed by atoms with van der Waals surface area (Å²) in [5.74, 6) is -0.621. The summed E-state index contributed by atoms with van der Waals surface area (Å²) in [6, 6.07) is 7.41. The Balaban J connectivity index is 2.01. The van der Waals surface area contributed by atoms with Gasteiger partial charge in [-0.2, -0.15) is 0 Å². The molecule has 144 valence electrons. The zero-order valence-electron chi connectivity index (χ0n) is 15.2. The summed E-state index contributed by atoms with van der Waals surface area (Å²) < 4.78 is 42.2. The van der Waals surface area contributed by atoms with Crippen molar-refractivity contribution in [2.45, 2.75) is 31.6 Å². The minimum absolute atomic E-state index is 0.0285. The number of nitrogens with zero attached hydrogens (tertiary/aromatic N) is 1. The van der Waals surface area contributed by atoms with Crippen molar-refractivity contribution in [3.05, 3.63) is 51.7 Å². The maximum absolute atomic E-state index is 13.7. The Bertz CT molecular complexity index is 1020. The molecule has 0 saturated heterocycles. The first kappa shape index (κ1) is 19.8. The van der Waals surface area contributed by atoms with Gasteiger partial charge in [0.1, 0.15) is 10.7 Å². The number of sulfonamides is 1. The number of rotatable bonds is 4. The van der Waals surface area contributed by atoms with Crippen LogP contribution >= 0.6 is 15.9 Å². The van der Waals surface area contributed by atoms with Crippen LogP contribution < -0.4 is 9.62 Å². The molecule has 0 radical (unpaired) electrons. The molecule has 8 heteroatoms. The van der Waals surface area contributed by atoms with Gasteiger partial charge >= 0.3 is 0 Å². The fourth-order valence-corrected chi connectivity index (χ4v) is 5.33. The number of hydrogen-bond acceptors (Lipinski definition) is 3. The lowest BCUT2D eigenvalue weighted by Crippen LogP contribution is -2.38. The monoisotopic (exact) mass is 454 g/mol. The lowest BCUT2D eigenvalue weighted by atomic mass is 9.90. The summed E-state index contributed by atoms with van der Waals surface area (Å²) in [7, 11) is -2.24. The second-order valence-electron chi connectivity index (χ2n) is 6.69. The molecule has 1 N–H and O–H groups in total. The fourth-order valence-electron chi connectivity index (χ4n) is 3.20. The molecule has 2 aromatic rings. The number of anilines is 2. The predicted molar refractivity (Wildman–Crippen MR) is 107 cm³/mol. The lowest BCUT2D eigenvalue weighted by Gasteiger charge is -2.31. The lowest BCUT2D eigenvalue weighted by molar-refractivity contribution is -0.122. The van der Waals surface area contributed by atoms with E-state index in [0.717, 1.165) is 11.6 Å². The van der Waals surface area contributed by atoms with Crippen molar-refractivity contribution in [2.24, 2.45) is 5.92 Å². The highest BCUT2D eigenvalue weighted by atomic mass is 79.9. The molecular formula is C19H20BrFN2O3S. The maximum Gasteiger partial charge on any atom is 0.263 e. The van der Waals surface area contributed by atoms with Gasteiger partial charge in [-0.1, -0.05) is 13.0 Å². The number of halogens is 2. The van der Waals surface area contributed by atoms with Gasteiger partial charge in [-0.25, -0.2) is 12.8 Å². The zero-order chi connectivity index (χ0) is 19.9. The molecule has 0 bridgehead atoms. The smallest absolute Gasteiger partial charge is 0.263 e. The Labute approximate surface area is 166 Å². The normalized spacial score (nSPS) is 17.0. The Morgan fingerprint density at radius 2 is 2.00 bits per heavy atom. The van der Waals surface area contributed by atoms with E-state index in [9.17, 15) is 17.6 Å². The van der Waals surface area contributed by atoms with E-state index < -0.39 is 15.8 Å². The first-order valence-electron chi connectivity index (χ1n) is 8.53. The van der Waals surface area contributed by atoms with Gasteiger partial charge in [0.2, 0.25) is 5.91 Å². The molecule has 1 unspecified atom stereocenters. The van der Waals surface area contributed by atoms with Crippen molar-refractivity contribution in [3.63, 3.8) is 0 Å². The van der Waals surface area contributed by atoms with Crippen LogP contribution in [0.4, 0.5) is 15.8 Å². The average molecular weight is 455 g/mol. The van der Waals surface area contributed by atoms with E-state index in [1.54, 1.807) is 31.0 Å². The maximum atomic E-state index is 13.7. The second-order valence-corrected chi connectivity index (χ2v) is 9.19. The number of fused-ring (bicyclic) bond motifs is 1. The second kappa shape index (κ2) is 7.24. The molecule has 1 amide bonds. The minimum Gasteiger partial charge on any atom is -0.315 e. The van der Waals surface area contributed by atoms with Crippen LogP contribution in [0, 0.1) is 18.7 Å². The van der Waals surface area contributed by atoms with Gasteiger partial charge in [0, 0.05) is 23.1 Å². The van der Waals surface area contributed by atoms with Crippen LogP contribution in [-0.4, -0.2) is 21.4 Å². The fraction of sp³-hybridized carbons (Fsp3) is 0.316. The summed E-state index contributed by atoms with van der Waals surface area (Å²) in [5.41, 5.74) is 2.08. The number of nitrogens with one attached hydrogen (secondary N) is 1. The third-order valence-electron chi connectivity index (χ3n) is 4.85. The summed E-state index contributed by atoms with van der Waals surface area (Å²) in [4.78, 5) is 14.0. The van der Waals surface area contributed by atoms with E-state index in [0.29, 0.717) is 28.6 Å². The first-order chi connectivity index (χ1) is 12.6. The molecule has 0 fully saturated rings. The standard InChI is InChI=1S/C19H20BrFN2O3S/c1-4-12-7-13-8-18(15(20)10-17(13)23(3)19(12)24)27(25,26)22-14-6-5-11(2)16(21)9-14/h5-6,8-10,12,22H,4,7H2,1-3H3. The van der Waals surface area contributed by atoms with Crippen LogP contribution in [-0.2, 0) is 21.2 Å². The van der Waals surface area contributed by atoms with Gasteiger partial charge in [0.25, 0.3) is 10.0 Å². The Kier molecular flexibility index (Phi) is 5.31. The topological polar surface area (TPSA) is 66.5 Å². The van der Waals surface area contributed by atoms with Crippen molar-refractivity contribution >= 4 is 43.2 Å². The number of carbonyl (C=O) groups excluding carboxylic acids is 1. The molecule has 0 spiro atoms. The molecule has 27 heavy (non-hydrogen) atoms. The summed E-state index contributed by atoms with van der Waals surface area (Å²) in [5, 5.41) is 0. The molecule has 1 aliphatic rings. The van der Waals surface area contributed by atoms with Gasteiger partial charge in [-0.3, -0.25) is 9.52 Å². The summed E-state index contributed by atoms with van der Waals surface area (Å²) in [6.07, 6.45) is 1.17. The van der Waals surface area contributed by atoms with Crippen molar-refractivity contribution in [2.75, 3.05) is 16.7 Å². The van der Waals surface area contributed by atoms with Crippen LogP contribution in [0.3, 0.4) is 0 Å². The van der Waals surface area contributed by atoms with Gasteiger partial charge < -0.3 is 4.90 Å². The van der Waals surface area contributed by atoms with Crippen molar-refractivity contribution in [1.82, 2.24) is 0 Å². The molecule has 0 aromatic heterocycles. The number of benzene rings is 2. The van der Waals surface area contributed by atoms with Crippen LogP contribution in [0.25, 0.3) is 0 Å². The summed E-state index contributed by atoms with van der Waals surface area (Å²) >= 11 is 3.30. The van der Waals surface area contributed by atoms with E-state index in [4.69, 9.17) is 0 Å². The van der Waals surface area contributed by atoms with E-state index in [1.165, 1.54) is 12.1 Å². The quantitative estimate of drug-likeness (QED) is 0.750. The number of aryl methyl sites for hydroxylation is 1. The van der Waals surface area contributed by atoms with E-state index in [-0.39, 0.29) is 22.4 Å². The minimum atomic E-state index is -3.93. The number of amides is 1. The third-order valence-corrected chi connectivity index (χ3v) is 7.19. The zero-order valence-corrected chi connectivity index (χ0v) is 17.6. The summed E-state index contributed by atoms with van der Waals surface area (Å²) in [6.45, 7) is 3.54. The molecular weight excluding hydrogens is 435 g/mol. The molecule has 1 heterocycles. The van der Waals surface area contributed by atoms with E-state index in [2.05, 4.69) is 20.7 Å². The third kappa shape index (κ3) is 3.73. The van der Waals surface area contributed by atoms with Crippen LogP contribution in [0.15, 0.2) is 39.7 Å². The molecule has 0 aliphatic carbocycles. The van der Waals surface area contributed by atoms with E-state index >= 15 is 0 Å². The highest BCUT2D eigenvalue weighted by Crippen LogP contribution is 2.37. The molecule has 2 aromatic carbocycles. The molecule has 5 nitrogen and oxygen atoms in total. The molecule has 0 saturated carbocycles. The Morgan fingerprint density at radius 3 is 2.63 bits per heavy atom. The molecule has 3 rings (SSSR count). The van der Waals surface area contributed by atoms with Gasteiger partial charge in [-0.05, 0) is 71.1 Å². The van der Waals surface area contributed by atoms with Gasteiger partial charge in [0.05, 0.1) is 5.69 Å². The largest absolute Gasteiger partial charge is 0.315 e. The SMILES string of the molecule is CCC1Cc2cc(S(=O)(=O)Nc3ccc(C)c(F)c3)c(Br)cc2N(C)C1=O. The molecule has 1 aliphatic heterocycles. The molecule has 1 atom stereocenters. The predicted octanol–water partition coefficient (Wildman–Crippen LogP) is 4.24. The van der Waals surface area contributed by atoms with Gasteiger partial charge in [-0.15, -0.1) is 0 Å². The van der Waals surface area contributed by atoms with Crippen molar-refractivity contribution in [1.29, 1.82) is 0 Å². The number of carbonyl (C=O) groups is 1. The van der Waals surface area contributed by atoms with E-state index in [1.807, 2.05) is 6.92 Å². The average Bonchev–Trinajstić information content (AvgIpc) is 2.61.